The Morgan fingerprint density at radius 1 is 1.06 bits per heavy atom. The van der Waals surface area contributed by atoms with Gasteiger partial charge in [-0.05, 0) is 44.0 Å². The van der Waals surface area contributed by atoms with Gasteiger partial charge in [-0.2, -0.15) is 0 Å². The second-order valence-electron chi connectivity index (χ2n) is 8.35. The summed E-state index contributed by atoms with van der Waals surface area (Å²) in [6.07, 6.45) is -0.0139. The molecule has 160 valence electrons. The van der Waals surface area contributed by atoms with Crippen LogP contribution < -0.4 is 10.1 Å². The monoisotopic (exact) mass is 418 g/mol. The summed E-state index contributed by atoms with van der Waals surface area (Å²) in [5.74, 6) is 0.430. The summed E-state index contributed by atoms with van der Waals surface area (Å²) in [6.45, 7) is 4.24. The van der Waals surface area contributed by atoms with Crippen molar-refractivity contribution in [3.63, 3.8) is 0 Å². The molecule has 3 aromatic carbocycles. The minimum atomic E-state index is -0.889. The minimum Gasteiger partial charge on any atom is -0.484 e. The van der Waals surface area contributed by atoms with E-state index < -0.39 is 17.7 Å². The highest BCUT2D eigenvalue weighted by Gasteiger charge is 2.43. The SMILES string of the molecule is CC1(C)Oc2cc([N+](=O)[O-])c(-c3ccccc3)cc2C(NCCc2ccccc2)C1O. The van der Waals surface area contributed by atoms with Crippen LogP contribution in [-0.4, -0.2) is 28.3 Å². The van der Waals surface area contributed by atoms with Crippen LogP contribution in [0.2, 0.25) is 0 Å². The first-order valence-electron chi connectivity index (χ1n) is 10.4. The Morgan fingerprint density at radius 3 is 2.35 bits per heavy atom. The fraction of sp³-hybridized carbons (Fsp3) is 0.280. The van der Waals surface area contributed by atoms with E-state index in [1.54, 1.807) is 19.9 Å². The molecule has 3 aromatic rings. The molecule has 1 aliphatic rings. The third-order valence-electron chi connectivity index (χ3n) is 5.77. The van der Waals surface area contributed by atoms with Crippen LogP contribution in [0, 0.1) is 10.1 Å². The number of rotatable bonds is 6. The largest absolute Gasteiger partial charge is 0.484 e. The molecule has 4 rings (SSSR count). The van der Waals surface area contributed by atoms with E-state index in [9.17, 15) is 15.2 Å². The second kappa shape index (κ2) is 8.49. The zero-order chi connectivity index (χ0) is 22.0. The van der Waals surface area contributed by atoms with Gasteiger partial charge in [0.15, 0.2) is 0 Å². The normalized spacial score (nSPS) is 19.3. The molecule has 1 aliphatic heterocycles. The van der Waals surface area contributed by atoms with Gasteiger partial charge in [0.1, 0.15) is 17.5 Å². The van der Waals surface area contributed by atoms with Crippen LogP contribution in [0.25, 0.3) is 11.1 Å². The van der Waals surface area contributed by atoms with E-state index in [-0.39, 0.29) is 10.6 Å². The number of benzene rings is 3. The standard InChI is InChI=1S/C25H26N2O4/c1-25(2)24(28)23(26-14-13-17-9-5-3-6-10-17)20-15-19(18-11-7-4-8-12-18)21(27(29)30)16-22(20)31-25/h3-12,15-16,23-24,26,28H,13-14H2,1-2H3. The van der Waals surface area contributed by atoms with Gasteiger partial charge >= 0.3 is 0 Å². The zero-order valence-corrected chi connectivity index (χ0v) is 17.6. The lowest BCUT2D eigenvalue weighted by Crippen LogP contribution is -2.52. The van der Waals surface area contributed by atoms with Crippen LogP contribution in [0.5, 0.6) is 5.75 Å². The molecule has 0 spiro atoms. The Hall–Kier alpha value is -3.22. The lowest BCUT2D eigenvalue weighted by Gasteiger charge is -2.42. The lowest BCUT2D eigenvalue weighted by molar-refractivity contribution is -0.384. The summed E-state index contributed by atoms with van der Waals surface area (Å²) in [5, 5.41) is 26.3. The van der Waals surface area contributed by atoms with Crippen LogP contribution >= 0.6 is 0 Å². The molecule has 0 bridgehead atoms. The van der Waals surface area contributed by atoms with Gasteiger partial charge in [0.2, 0.25) is 0 Å². The highest BCUT2D eigenvalue weighted by atomic mass is 16.6. The fourth-order valence-corrected chi connectivity index (χ4v) is 4.07. The van der Waals surface area contributed by atoms with Crippen LogP contribution in [0.15, 0.2) is 72.8 Å². The number of nitrogens with one attached hydrogen (secondary N) is 1. The first kappa shape index (κ1) is 21.0. The number of ether oxygens (including phenoxy) is 1. The van der Waals surface area contributed by atoms with Crippen molar-refractivity contribution in [2.75, 3.05) is 6.54 Å². The van der Waals surface area contributed by atoms with E-state index in [4.69, 9.17) is 4.74 Å². The molecular formula is C25H26N2O4. The number of aliphatic hydroxyl groups excluding tert-OH is 1. The summed E-state index contributed by atoms with van der Waals surface area (Å²) < 4.78 is 6.01. The van der Waals surface area contributed by atoms with Gasteiger partial charge in [0, 0.05) is 5.56 Å². The average Bonchev–Trinajstić information content (AvgIpc) is 2.77. The Balaban J connectivity index is 1.72. The Kier molecular flexibility index (Phi) is 5.76. The summed E-state index contributed by atoms with van der Waals surface area (Å²) in [7, 11) is 0. The topological polar surface area (TPSA) is 84.6 Å². The van der Waals surface area contributed by atoms with Gasteiger partial charge in [-0.1, -0.05) is 60.7 Å². The number of hydrogen-bond acceptors (Lipinski definition) is 5. The summed E-state index contributed by atoms with van der Waals surface area (Å²) in [5.41, 5.74) is 2.28. The Labute approximate surface area is 181 Å². The van der Waals surface area contributed by atoms with Gasteiger partial charge in [0.25, 0.3) is 5.69 Å². The summed E-state index contributed by atoms with van der Waals surface area (Å²) >= 11 is 0. The van der Waals surface area contributed by atoms with E-state index in [0.717, 1.165) is 17.5 Å². The molecule has 2 atom stereocenters. The number of nitro benzene ring substituents is 1. The van der Waals surface area contributed by atoms with Gasteiger partial charge < -0.3 is 15.2 Å². The highest BCUT2D eigenvalue weighted by Crippen LogP contribution is 2.45. The first-order chi connectivity index (χ1) is 14.9. The van der Waals surface area contributed by atoms with Crippen molar-refractivity contribution in [3.8, 4) is 16.9 Å². The fourth-order valence-electron chi connectivity index (χ4n) is 4.07. The molecule has 2 N–H and O–H groups in total. The van der Waals surface area contributed by atoms with E-state index in [2.05, 4.69) is 17.4 Å². The molecule has 0 aliphatic carbocycles. The third kappa shape index (κ3) is 4.31. The quantitative estimate of drug-likeness (QED) is 0.449. The molecular weight excluding hydrogens is 392 g/mol. The maximum Gasteiger partial charge on any atom is 0.280 e. The molecule has 6 heteroatoms. The minimum absolute atomic E-state index is 0.0137. The zero-order valence-electron chi connectivity index (χ0n) is 17.6. The molecule has 0 aromatic heterocycles. The van der Waals surface area contributed by atoms with Crippen LogP contribution in [0.4, 0.5) is 5.69 Å². The molecule has 0 saturated carbocycles. The number of aliphatic hydroxyl groups is 1. The van der Waals surface area contributed by atoms with Crippen molar-refractivity contribution in [1.82, 2.24) is 5.32 Å². The van der Waals surface area contributed by atoms with Crippen LogP contribution in [0.3, 0.4) is 0 Å². The summed E-state index contributed by atoms with van der Waals surface area (Å²) in [4.78, 5) is 11.4. The second-order valence-corrected chi connectivity index (χ2v) is 8.35. The average molecular weight is 418 g/mol. The molecule has 1 heterocycles. The predicted molar refractivity (Wildman–Crippen MR) is 120 cm³/mol. The maximum absolute atomic E-state index is 11.8. The van der Waals surface area contributed by atoms with Crippen LogP contribution in [0.1, 0.15) is 31.0 Å². The number of nitrogens with zero attached hydrogens (tertiary/aromatic N) is 1. The summed E-state index contributed by atoms with van der Waals surface area (Å²) in [6, 6.07) is 22.2. The van der Waals surface area contributed by atoms with Crippen molar-refractivity contribution >= 4 is 5.69 Å². The first-order valence-corrected chi connectivity index (χ1v) is 10.4. The number of fused-ring (bicyclic) bond motifs is 1. The Bertz CT molecular complexity index is 1070. The third-order valence-corrected chi connectivity index (χ3v) is 5.77. The van der Waals surface area contributed by atoms with Crippen molar-refractivity contribution in [2.45, 2.75) is 38.0 Å². The van der Waals surface area contributed by atoms with Gasteiger partial charge in [-0.15, -0.1) is 0 Å². The highest BCUT2D eigenvalue weighted by molar-refractivity contribution is 5.76. The van der Waals surface area contributed by atoms with E-state index in [1.807, 2.05) is 48.5 Å². The van der Waals surface area contributed by atoms with Crippen LogP contribution in [-0.2, 0) is 6.42 Å². The van der Waals surface area contributed by atoms with Crippen molar-refractivity contribution < 1.29 is 14.8 Å². The van der Waals surface area contributed by atoms with E-state index in [0.29, 0.717) is 17.9 Å². The molecule has 0 amide bonds. The Morgan fingerprint density at radius 2 is 1.71 bits per heavy atom. The number of nitro groups is 1. The van der Waals surface area contributed by atoms with Gasteiger partial charge in [-0.25, -0.2) is 0 Å². The lowest BCUT2D eigenvalue weighted by atomic mass is 9.84. The smallest absolute Gasteiger partial charge is 0.280 e. The van der Waals surface area contributed by atoms with Gasteiger partial charge in [-0.3, -0.25) is 10.1 Å². The van der Waals surface area contributed by atoms with Crippen molar-refractivity contribution in [2.24, 2.45) is 0 Å². The molecule has 0 saturated heterocycles. The van der Waals surface area contributed by atoms with E-state index in [1.165, 1.54) is 11.6 Å². The van der Waals surface area contributed by atoms with Crippen molar-refractivity contribution in [3.05, 3.63) is 94.0 Å². The predicted octanol–water partition coefficient (Wildman–Crippen LogP) is 4.67. The molecule has 6 nitrogen and oxygen atoms in total. The van der Waals surface area contributed by atoms with Crippen molar-refractivity contribution in [1.29, 1.82) is 0 Å². The molecule has 0 radical (unpaired) electrons. The van der Waals surface area contributed by atoms with E-state index >= 15 is 0 Å². The molecule has 2 unspecified atom stereocenters. The molecule has 31 heavy (non-hydrogen) atoms. The number of hydrogen-bond donors (Lipinski definition) is 2. The molecule has 0 fully saturated rings. The van der Waals surface area contributed by atoms with Gasteiger partial charge in [0.05, 0.1) is 22.6 Å². The maximum atomic E-state index is 11.8.